The largest absolute Gasteiger partial charge is 0.337 e. The van der Waals surface area contributed by atoms with Crippen LogP contribution in [0.2, 0.25) is 0 Å². The van der Waals surface area contributed by atoms with E-state index in [1.807, 2.05) is 38.1 Å². The number of carbonyl (C=O) groups is 1. The Kier molecular flexibility index (Phi) is 3.37. The molecular weight excluding hydrogens is 304 g/mol. The Bertz CT molecular complexity index is 919. The maximum Gasteiger partial charge on any atom is 0.256 e. The van der Waals surface area contributed by atoms with Crippen LogP contribution in [0.5, 0.6) is 0 Å². The number of amides is 1. The van der Waals surface area contributed by atoms with E-state index in [0.717, 1.165) is 16.8 Å². The van der Waals surface area contributed by atoms with Gasteiger partial charge in [-0.2, -0.15) is 4.98 Å². The van der Waals surface area contributed by atoms with Crippen molar-refractivity contribution < 1.29 is 9.32 Å². The first-order chi connectivity index (χ1) is 11.6. The number of nitrogens with zero attached hydrogens (tertiary/aromatic N) is 4. The second-order valence-corrected chi connectivity index (χ2v) is 5.88. The van der Waals surface area contributed by atoms with Gasteiger partial charge in [0.05, 0.1) is 17.8 Å². The van der Waals surface area contributed by atoms with Crippen molar-refractivity contribution in [3.05, 3.63) is 65.3 Å². The van der Waals surface area contributed by atoms with E-state index in [2.05, 4.69) is 15.1 Å². The molecule has 1 amide bonds. The van der Waals surface area contributed by atoms with E-state index >= 15 is 0 Å². The molecule has 0 N–H and O–H groups in total. The van der Waals surface area contributed by atoms with Crippen molar-refractivity contribution in [3.8, 4) is 11.4 Å². The van der Waals surface area contributed by atoms with Crippen LogP contribution in [0.25, 0.3) is 11.4 Å². The Morgan fingerprint density at radius 2 is 1.96 bits per heavy atom. The van der Waals surface area contributed by atoms with E-state index in [-0.39, 0.29) is 11.9 Å². The molecule has 0 saturated carbocycles. The van der Waals surface area contributed by atoms with Gasteiger partial charge in [-0.15, -0.1) is 0 Å². The van der Waals surface area contributed by atoms with Crippen LogP contribution in [0.15, 0.2) is 47.1 Å². The summed E-state index contributed by atoms with van der Waals surface area (Å²) >= 11 is 0. The number of carbonyl (C=O) groups excluding carboxylic acids is 1. The zero-order chi connectivity index (χ0) is 16.7. The molecule has 3 heterocycles. The molecule has 1 aliphatic heterocycles. The van der Waals surface area contributed by atoms with Gasteiger partial charge in [-0.1, -0.05) is 29.4 Å². The molecule has 0 saturated heterocycles. The minimum Gasteiger partial charge on any atom is -0.337 e. The Morgan fingerprint density at radius 1 is 1.17 bits per heavy atom. The van der Waals surface area contributed by atoms with E-state index in [0.29, 0.717) is 23.8 Å². The molecule has 0 unspecified atom stereocenters. The molecule has 4 rings (SSSR count). The summed E-state index contributed by atoms with van der Waals surface area (Å²) in [6.45, 7) is 4.35. The number of hydrogen-bond donors (Lipinski definition) is 0. The summed E-state index contributed by atoms with van der Waals surface area (Å²) < 4.78 is 5.42. The normalized spacial score (nSPS) is 14.8. The van der Waals surface area contributed by atoms with Crippen molar-refractivity contribution in [2.24, 2.45) is 0 Å². The fraction of sp³-hybridized carbons (Fsp3) is 0.222. The van der Waals surface area contributed by atoms with Gasteiger partial charge >= 0.3 is 0 Å². The Hall–Kier alpha value is -3.02. The Labute approximate surface area is 139 Å². The summed E-state index contributed by atoms with van der Waals surface area (Å²) in [7, 11) is 0. The van der Waals surface area contributed by atoms with Gasteiger partial charge in [0.15, 0.2) is 0 Å². The summed E-state index contributed by atoms with van der Waals surface area (Å²) in [5.74, 6) is 0.910. The average molecular weight is 320 g/mol. The third kappa shape index (κ3) is 2.27. The molecular formula is C18H16N4O2. The van der Waals surface area contributed by atoms with Crippen LogP contribution in [0.3, 0.4) is 0 Å². The third-order valence-electron chi connectivity index (χ3n) is 4.35. The molecule has 0 bridgehead atoms. The quantitative estimate of drug-likeness (QED) is 0.741. The van der Waals surface area contributed by atoms with Crippen LogP contribution in [0.1, 0.15) is 40.5 Å². The highest BCUT2D eigenvalue weighted by atomic mass is 16.5. The number of fused-ring (bicyclic) bond motifs is 1. The average Bonchev–Trinajstić information content (AvgIpc) is 3.21. The lowest BCUT2D eigenvalue weighted by Gasteiger charge is -2.20. The highest BCUT2D eigenvalue weighted by molar-refractivity contribution is 5.97. The van der Waals surface area contributed by atoms with Crippen LogP contribution < -0.4 is 0 Å². The molecule has 120 valence electrons. The van der Waals surface area contributed by atoms with E-state index in [1.165, 1.54) is 0 Å². The first-order valence-electron chi connectivity index (χ1n) is 7.79. The zero-order valence-electron chi connectivity index (χ0n) is 13.4. The maximum absolute atomic E-state index is 12.5. The zero-order valence-corrected chi connectivity index (χ0v) is 13.4. The molecule has 24 heavy (non-hydrogen) atoms. The van der Waals surface area contributed by atoms with Gasteiger partial charge in [0.2, 0.25) is 11.7 Å². The molecule has 3 aromatic rings. The maximum atomic E-state index is 12.5. The van der Waals surface area contributed by atoms with Gasteiger partial charge in [-0.05, 0) is 31.5 Å². The number of aromatic nitrogens is 3. The Balaban J connectivity index is 1.62. The van der Waals surface area contributed by atoms with Gasteiger partial charge in [-0.25, -0.2) is 0 Å². The number of hydrogen-bond acceptors (Lipinski definition) is 5. The molecule has 2 aromatic heterocycles. The lowest BCUT2D eigenvalue weighted by Crippen LogP contribution is -2.27. The predicted molar refractivity (Wildman–Crippen MR) is 87.0 cm³/mol. The van der Waals surface area contributed by atoms with Crippen molar-refractivity contribution in [1.82, 2.24) is 20.0 Å². The number of pyridine rings is 1. The van der Waals surface area contributed by atoms with Gasteiger partial charge in [0, 0.05) is 11.8 Å². The van der Waals surface area contributed by atoms with Crippen LogP contribution in [0, 0.1) is 6.92 Å². The van der Waals surface area contributed by atoms with E-state index in [9.17, 15) is 4.79 Å². The van der Waals surface area contributed by atoms with Crippen LogP contribution in [0.4, 0.5) is 0 Å². The monoisotopic (exact) mass is 320 g/mol. The minimum absolute atomic E-state index is 0.0544. The van der Waals surface area contributed by atoms with E-state index < -0.39 is 0 Å². The summed E-state index contributed by atoms with van der Waals surface area (Å²) in [6.07, 6.45) is 1.70. The smallest absolute Gasteiger partial charge is 0.256 e. The van der Waals surface area contributed by atoms with Crippen LogP contribution >= 0.6 is 0 Å². The first-order valence-corrected chi connectivity index (χ1v) is 7.79. The van der Waals surface area contributed by atoms with Crippen molar-refractivity contribution >= 4 is 5.91 Å². The molecule has 0 spiro atoms. The molecule has 1 aromatic carbocycles. The number of benzene rings is 1. The molecule has 0 aliphatic carbocycles. The minimum atomic E-state index is -0.308. The van der Waals surface area contributed by atoms with Crippen LogP contribution in [-0.4, -0.2) is 25.9 Å². The van der Waals surface area contributed by atoms with Gasteiger partial charge < -0.3 is 9.42 Å². The molecule has 6 heteroatoms. The standard InChI is InChI=1S/C18H16N4O2/c1-11-6-3-4-7-13(11)16-20-17(24-21-16)12(2)22-10-15-14(18(22)23)8-5-9-19-15/h3-9,12H,10H2,1-2H3/t12-/m0/s1. The summed E-state index contributed by atoms with van der Waals surface area (Å²) in [5.41, 5.74) is 3.43. The lowest BCUT2D eigenvalue weighted by atomic mass is 10.1. The van der Waals surface area contributed by atoms with Crippen molar-refractivity contribution in [2.75, 3.05) is 0 Å². The number of aryl methyl sites for hydroxylation is 1. The molecule has 1 aliphatic rings. The fourth-order valence-corrected chi connectivity index (χ4v) is 2.93. The molecule has 0 radical (unpaired) electrons. The predicted octanol–water partition coefficient (Wildman–Crippen LogP) is 3.16. The molecule has 1 atom stereocenters. The van der Waals surface area contributed by atoms with Crippen molar-refractivity contribution in [1.29, 1.82) is 0 Å². The highest BCUT2D eigenvalue weighted by Gasteiger charge is 2.34. The van der Waals surface area contributed by atoms with Gasteiger partial charge in [0.1, 0.15) is 6.04 Å². The molecule has 0 fully saturated rings. The number of rotatable bonds is 3. The summed E-state index contributed by atoms with van der Waals surface area (Å²) in [4.78, 5) is 23.0. The second-order valence-electron chi connectivity index (χ2n) is 5.88. The highest BCUT2D eigenvalue weighted by Crippen LogP contribution is 2.30. The summed E-state index contributed by atoms with van der Waals surface area (Å²) in [5, 5.41) is 4.07. The SMILES string of the molecule is Cc1ccccc1-c1noc([C@H](C)N2Cc3ncccc3C2=O)n1. The van der Waals surface area contributed by atoms with E-state index in [4.69, 9.17) is 4.52 Å². The van der Waals surface area contributed by atoms with Gasteiger partial charge in [-0.3, -0.25) is 9.78 Å². The third-order valence-corrected chi connectivity index (χ3v) is 4.35. The second kappa shape index (κ2) is 5.56. The van der Waals surface area contributed by atoms with Gasteiger partial charge in [0.25, 0.3) is 5.91 Å². The summed E-state index contributed by atoms with van der Waals surface area (Å²) in [6, 6.07) is 11.1. The van der Waals surface area contributed by atoms with Crippen LogP contribution in [-0.2, 0) is 6.54 Å². The Morgan fingerprint density at radius 3 is 2.75 bits per heavy atom. The first kappa shape index (κ1) is 14.6. The van der Waals surface area contributed by atoms with Crippen molar-refractivity contribution in [3.63, 3.8) is 0 Å². The van der Waals surface area contributed by atoms with Crippen molar-refractivity contribution in [2.45, 2.75) is 26.4 Å². The lowest BCUT2D eigenvalue weighted by molar-refractivity contribution is 0.0683. The molecule has 6 nitrogen and oxygen atoms in total. The fourth-order valence-electron chi connectivity index (χ4n) is 2.93. The topological polar surface area (TPSA) is 72.1 Å². The van der Waals surface area contributed by atoms with E-state index in [1.54, 1.807) is 23.2 Å².